The Morgan fingerprint density at radius 1 is 0.900 bits per heavy atom. The predicted molar refractivity (Wildman–Crippen MR) is 53.0 cm³/mol. The maximum Gasteiger partial charge on any atom is 0.316 e. The third kappa shape index (κ3) is 98.4. The summed E-state index contributed by atoms with van der Waals surface area (Å²) in [4.78, 5) is 29.3. The van der Waals surface area contributed by atoms with Gasteiger partial charge in [-0.05, 0) is 0 Å². The zero-order chi connectivity index (χ0) is 4.50. The molecule has 0 fully saturated rings. The summed E-state index contributed by atoms with van der Waals surface area (Å²) in [6.07, 6.45) is 0. The van der Waals surface area contributed by atoms with Crippen LogP contribution in [0.4, 0.5) is 0 Å². The van der Waals surface area contributed by atoms with Crippen molar-refractivity contribution in [2.45, 2.75) is 0 Å². The van der Waals surface area contributed by atoms with Crippen molar-refractivity contribution < 1.29 is 36.3 Å². The Morgan fingerprint density at radius 2 is 0.900 bits per heavy atom. The van der Waals surface area contributed by atoms with E-state index in [1.807, 2.05) is 0 Å². The Morgan fingerprint density at radius 3 is 0.900 bits per heavy atom. The van der Waals surface area contributed by atoms with Crippen LogP contribution in [0.15, 0.2) is 0 Å². The molecule has 0 heterocycles. The molecule has 0 aromatic rings. The van der Waals surface area contributed by atoms with Gasteiger partial charge < -0.3 is 19.2 Å². The van der Waals surface area contributed by atoms with Crippen LogP contribution in [0.25, 0.3) is 0 Å². The standard InChI is InChI=1S/Al.Ca.Fe.GeH4.Mg.H4O4Si.7H/c;;;;;1-5(2,3)4;;;;;;;/h;;;1H4;;1-4H;;;;;;;. The first-order chi connectivity index (χ1) is 2.00. The first-order valence-electron chi connectivity index (χ1n) is 0.894. The largest absolute Gasteiger partial charge is 0.316 e. The third-order valence-corrected chi connectivity index (χ3v) is 0. The van der Waals surface area contributed by atoms with Crippen molar-refractivity contribution in [2.24, 2.45) is 0 Å². The minimum Gasteiger partial charge on any atom is 0.316 e. The molecule has 0 rings (SSSR count). The Balaban J connectivity index is -0.00000000800. The van der Waals surface area contributed by atoms with E-state index < -0.39 is 9.05 Å². The van der Waals surface area contributed by atoms with E-state index in [4.69, 9.17) is 19.2 Å². The minimum atomic E-state index is -4.61. The molecule has 4 nitrogen and oxygen atoms in total. The molecule has 10 heteroatoms. The molecular weight excluding hydrogens is 312 g/mol. The summed E-state index contributed by atoms with van der Waals surface area (Å²) < 4.78 is 0. The molecule has 62 valence electrons. The molecule has 4 N–H and O–H groups in total. The number of rotatable bonds is 0. The van der Waals surface area contributed by atoms with Crippen LogP contribution < -0.4 is 0 Å². The van der Waals surface area contributed by atoms with Gasteiger partial charge in [-0.25, -0.2) is 0 Å². The van der Waals surface area contributed by atoms with Crippen LogP contribution in [0.3, 0.4) is 0 Å². The first-order valence-corrected chi connectivity index (χ1v) is 2.68. The van der Waals surface area contributed by atoms with Crippen LogP contribution >= 0.6 is 0 Å². The van der Waals surface area contributed by atoms with E-state index in [0.717, 1.165) is 0 Å². The maximum atomic E-state index is 7.33. The molecule has 0 radical (unpaired) electrons. The smallest absolute Gasteiger partial charge is 0.316 e. The third-order valence-electron chi connectivity index (χ3n) is 0. The Hall–Kier alpha value is 3.68. The molecule has 0 aliphatic heterocycles. The van der Waals surface area contributed by atoms with Gasteiger partial charge in [-0.1, -0.05) is 0 Å². The van der Waals surface area contributed by atoms with Crippen LogP contribution in [0.2, 0.25) is 0 Å². The van der Waals surface area contributed by atoms with Crippen molar-refractivity contribution in [3.8, 4) is 0 Å². The summed E-state index contributed by atoms with van der Waals surface area (Å²) in [6, 6.07) is 0. The minimum absolute atomic E-state index is 0. The van der Waals surface area contributed by atoms with E-state index in [1.165, 1.54) is 0 Å². The summed E-state index contributed by atoms with van der Waals surface area (Å²) in [5.41, 5.74) is 0. The maximum absolute atomic E-state index is 7.33. The molecule has 0 amide bonds. The monoisotopic (exact) mass is 328 g/mol. The van der Waals surface area contributed by atoms with Crippen molar-refractivity contribution in [3.63, 3.8) is 0 Å². The van der Waals surface area contributed by atoms with Crippen molar-refractivity contribution in [3.05, 3.63) is 0 Å². The number of hydrogen-bond donors (Lipinski definition) is 4. The van der Waals surface area contributed by atoms with Crippen LogP contribution in [0, 0.1) is 0 Å². The molecule has 0 saturated heterocycles. The quantitative estimate of drug-likeness (QED) is 0.334. The molecule has 0 aromatic heterocycles. The molecule has 10 heavy (non-hydrogen) atoms. The zero-order valence-corrected chi connectivity index (χ0v) is 4.75. The van der Waals surface area contributed by atoms with E-state index >= 15 is 0 Å². The van der Waals surface area contributed by atoms with Gasteiger partial charge in [0.2, 0.25) is 0 Å². The molecular formula is H15AlCaFeGeMgO4Si. The SMILES string of the molecule is O[Si](O)(O)O.[AlH3].[CaH2].[Fe].[GeH4].[MgH2]. The Bertz CT molecular complexity index is 40.7. The fourth-order valence-electron chi connectivity index (χ4n) is 0. The molecule has 0 spiro atoms. The van der Waals surface area contributed by atoms with Crippen LogP contribution in [0.1, 0.15) is 0 Å². The van der Waals surface area contributed by atoms with Crippen molar-refractivity contribution in [1.29, 1.82) is 0 Å². The average Bonchev–Trinajstić information content (AvgIpc) is 0.722. The molecule has 0 aliphatic carbocycles. The second-order valence-corrected chi connectivity index (χ2v) is 1.80. The van der Waals surface area contributed by atoms with Gasteiger partial charge in [-0.2, -0.15) is 0 Å². The molecule has 0 saturated carbocycles. The van der Waals surface area contributed by atoms with Gasteiger partial charge in [0.05, 0.1) is 0 Å². The van der Waals surface area contributed by atoms with E-state index in [0.29, 0.717) is 0 Å². The topological polar surface area (TPSA) is 80.9 Å². The van der Waals surface area contributed by atoms with Gasteiger partial charge >= 0.3 is 87.4 Å². The number of hydrogen-bond acceptors (Lipinski definition) is 4. The summed E-state index contributed by atoms with van der Waals surface area (Å²) in [7, 11) is -4.61. The molecule has 0 aliphatic rings. The summed E-state index contributed by atoms with van der Waals surface area (Å²) in [6.45, 7) is 0. The fraction of sp³-hybridized carbons (Fsp3) is 0. The molecule has 0 unspecified atom stereocenters. The fourth-order valence-corrected chi connectivity index (χ4v) is 0. The van der Waals surface area contributed by atoms with Gasteiger partial charge in [0.1, 0.15) is 0 Å². The van der Waals surface area contributed by atoms with Crippen LogP contribution in [0.5, 0.6) is 0 Å². The second kappa shape index (κ2) is 18.5. The summed E-state index contributed by atoms with van der Waals surface area (Å²) in [5, 5.41) is 0. The van der Waals surface area contributed by atoms with Gasteiger partial charge in [-0.15, -0.1) is 0 Å². The predicted octanol–water partition coefficient (Wildman–Crippen LogP) is -7.08. The van der Waals surface area contributed by atoms with E-state index in [-0.39, 0.29) is 113 Å². The van der Waals surface area contributed by atoms with E-state index in [1.54, 1.807) is 0 Å². The molecule has 0 bridgehead atoms. The van der Waals surface area contributed by atoms with Crippen LogP contribution in [-0.2, 0) is 17.1 Å². The van der Waals surface area contributed by atoms with Crippen LogP contribution in [-0.4, -0.2) is 124 Å². The van der Waals surface area contributed by atoms with Crippen molar-refractivity contribution in [1.82, 2.24) is 0 Å². The first kappa shape index (κ1) is 37.3. The Kier molecular flexibility index (Phi) is 68.8. The van der Waals surface area contributed by atoms with E-state index in [9.17, 15) is 0 Å². The van der Waals surface area contributed by atoms with Crippen molar-refractivity contribution >= 4 is 105 Å². The van der Waals surface area contributed by atoms with E-state index in [2.05, 4.69) is 0 Å². The van der Waals surface area contributed by atoms with Gasteiger partial charge in [-0.3, -0.25) is 0 Å². The summed E-state index contributed by atoms with van der Waals surface area (Å²) >= 11 is 0. The van der Waals surface area contributed by atoms with Crippen molar-refractivity contribution in [2.75, 3.05) is 0 Å². The van der Waals surface area contributed by atoms with Gasteiger partial charge in [0.15, 0.2) is 17.4 Å². The molecule has 0 aromatic carbocycles. The van der Waals surface area contributed by atoms with Gasteiger partial charge in [0, 0.05) is 17.1 Å². The second-order valence-electron chi connectivity index (χ2n) is 0.600. The summed E-state index contributed by atoms with van der Waals surface area (Å²) in [5.74, 6) is 0. The average molecular weight is 327 g/mol. The van der Waals surface area contributed by atoms with Gasteiger partial charge in [0.25, 0.3) is 0 Å². The Labute approximate surface area is 138 Å². The zero-order valence-electron chi connectivity index (χ0n) is 2.64. The normalized spacial score (nSPS) is 6.00. The molecule has 0 atom stereocenters.